The number of nitrogens with two attached hydrogens (primary N) is 1. The molecule has 68 heavy (non-hydrogen) atoms. The molecular weight excluding hydrogens is 920 g/mol. The Morgan fingerprint density at radius 2 is 1.09 bits per heavy atom. The molecule has 0 spiro atoms. The zero-order valence-electron chi connectivity index (χ0n) is 37.2. The normalized spacial score (nSPS) is 46.2. The maximum Gasteiger partial charge on any atom is 0.237 e. The summed E-state index contributed by atoms with van der Waals surface area (Å²) in [5.74, 6) is -0.800. The third kappa shape index (κ3) is 12.3. The molecule has 6 rings (SSSR count). The Hall–Kier alpha value is -2.31. The summed E-state index contributed by atoms with van der Waals surface area (Å²) in [6.45, 7) is -0.106. The summed E-state index contributed by atoms with van der Waals surface area (Å²) in [7, 11) is 1.22. The molecule has 5 aliphatic heterocycles. The number of hydrogen-bond acceptors (Lipinski definition) is 26. The van der Waals surface area contributed by atoms with Gasteiger partial charge in [-0.3, -0.25) is 4.79 Å². The quantitative estimate of drug-likeness (QED) is 0.0649. The molecule has 0 bridgehead atoms. The van der Waals surface area contributed by atoms with Gasteiger partial charge in [0.15, 0.2) is 31.5 Å². The van der Waals surface area contributed by atoms with Gasteiger partial charge >= 0.3 is 0 Å². The fraction of sp³-hybridized carbons (Fsp3) is 0.829. The minimum absolute atomic E-state index is 0.0123. The van der Waals surface area contributed by atoms with Gasteiger partial charge in [0, 0.05) is 7.11 Å². The van der Waals surface area contributed by atoms with E-state index < -0.39 is 185 Å². The number of benzene rings is 1. The Bertz CT molecular complexity index is 1690. The van der Waals surface area contributed by atoms with E-state index in [9.17, 15) is 71.2 Å². The van der Waals surface area contributed by atoms with Crippen LogP contribution in [0.2, 0.25) is 0 Å². The monoisotopic (exact) mass is 986 g/mol. The number of hydrogen-bond donors (Lipinski definition) is 15. The summed E-state index contributed by atoms with van der Waals surface area (Å²) in [6, 6.07) is 6.22. The van der Waals surface area contributed by atoms with E-state index in [1.54, 1.807) is 30.3 Å². The molecule has 27 heteroatoms. The second-order valence-corrected chi connectivity index (χ2v) is 17.3. The molecule has 1 aromatic rings. The SMILES string of the molecule is CO[C@H]1O[C@H](COCc2ccccc2)[C@H](O[C@H]2O[C@H](CO)[C@@H](O)[C@H](O)[C@H]2O)[C@H](O[C@@H]2O[C@H](CO[C@H]3O[C@H](CO)[C@@H](O)[C@H](O)[C@H]3O)[C@@H](O)[C@H](O[C@@H]3O[C@@H](C)[C@H](O)[C@@H](O)[C@H]3O)[C@H]2O)[C@H]1NC(=O)[C@H](C)N. The molecular formula is C41H66N2O25. The summed E-state index contributed by atoms with van der Waals surface area (Å²) < 4.78 is 65.2. The molecule has 390 valence electrons. The van der Waals surface area contributed by atoms with E-state index in [4.69, 9.17) is 57.8 Å². The van der Waals surface area contributed by atoms with Crippen LogP contribution in [0, 0.1) is 0 Å². The molecule has 5 aliphatic rings. The number of methoxy groups -OCH3 is 1. The fourth-order valence-corrected chi connectivity index (χ4v) is 8.36. The zero-order valence-corrected chi connectivity index (χ0v) is 37.2. The second-order valence-electron chi connectivity index (χ2n) is 17.3. The van der Waals surface area contributed by atoms with Gasteiger partial charge in [0.05, 0.1) is 45.2 Å². The van der Waals surface area contributed by atoms with Gasteiger partial charge < -0.3 is 130 Å². The van der Waals surface area contributed by atoms with Crippen LogP contribution in [-0.2, 0) is 63.5 Å². The number of amides is 1. The third-order valence-electron chi connectivity index (χ3n) is 12.4. The van der Waals surface area contributed by atoms with Crippen molar-refractivity contribution in [3.8, 4) is 0 Å². The number of aliphatic hydroxyl groups is 13. The summed E-state index contributed by atoms with van der Waals surface area (Å²) in [5.41, 5.74) is 6.68. The van der Waals surface area contributed by atoms with Gasteiger partial charge in [0.2, 0.25) is 5.91 Å². The number of carbonyl (C=O) groups excluding carboxylic acids is 1. The maximum atomic E-state index is 13.4. The van der Waals surface area contributed by atoms with E-state index in [0.717, 1.165) is 5.56 Å². The number of ether oxygens (including phenoxy) is 11. The number of rotatable bonds is 18. The molecule has 27 nitrogen and oxygen atoms in total. The van der Waals surface area contributed by atoms with Crippen LogP contribution in [0.15, 0.2) is 30.3 Å². The van der Waals surface area contributed by atoms with Gasteiger partial charge in [-0.05, 0) is 19.4 Å². The first-order chi connectivity index (χ1) is 32.3. The molecule has 16 N–H and O–H groups in total. The predicted molar refractivity (Wildman–Crippen MR) is 218 cm³/mol. The van der Waals surface area contributed by atoms with Crippen LogP contribution < -0.4 is 11.1 Å². The highest BCUT2D eigenvalue weighted by atomic mass is 16.8. The van der Waals surface area contributed by atoms with Crippen LogP contribution in [0.5, 0.6) is 0 Å². The molecule has 0 radical (unpaired) electrons. The van der Waals surface area contributed by atoms with Crippen molar-refractivity contribution < 1.29 is 123 Å². The lowest BCUT2D eigenvalue weighted by Crippen LogP contribution is -2.71. The summed E-state index contributed by atoms with van der Waals surface area (Å²) >= 11 is 0. The van der Waals surface area contributed by atoms with Crippen molar-refractivity contribution in [2.24, 2.45) is 5.73 Å². The van der Waals surface area contributed by atoms with Crippen LogP contribution in [0.25, 0.3) is 0 Å². The zero-order chi connectivity index (χ0) is 49.7. The first kappa shape index (κ1) is 55.0. The average molecular weight is 987 g/mol. The van der Waals surface area contributed by atoms with Crippen LogP contribution >= 0.6 is 0 Å². The fourth-order valence-electron chi connectivity index (χ4n) is 8.36. The molecule has 0 aromatic heterocycles. The Balaban J connectivity index is 1.38. The van der Waals surface area contributed by atoms with Gasteiger partial charge in [-0.25, -0.2) is 0 Å². The highest BCUT2D eigenvalue weighted by Gasteiger charge is 2.57. The minimum Gasteiger partial charge on any atom is -0.394 e. The molecule has 0 saturated carbocycles. The molecule has 1 amide bonds. The summed E-state index contributed by atoms with van der Waals surface area (Å²) in [5, 5.41) is 142. The van der Waals surface area contributed by atoms with Gasteiger partial charge in [-0.2, -0.15) is 0 Å². The minimum atomic E-state index is -2.14. The van der Waals surface area contributed by atoms with Crippen molar-refractivity contribution in [3.05, 3.63) is 35.9 Å². The van der Waals surface area contributed by atoms with Crippen molar-refractivity contribution in [2.45, 2.75) is 180 Å². The predicted octanol–water partition coefficient (Wildman–Crippen LogP) is -8.55. The standard InChI is InChI=1S/C41H66N2O25/c1-14(42)36(57)43-21-34(33(66-40-31(55)28(52)24(48)18(10-45)63-40)20(65-37(21)58-3)12-59-11-16-7-5-4-6-8-16)67-41-32(56)35(68-39-30(54)26(50)22(46)15(2)61-39)25(49)19(64-41)13-60-38-29(53)27(51)23(47)17(9-44)62-38/h4-8,14-15,17-35,37-41,44-56H,9-13,42H2,1-3H3,(H,43,57)/t14-,15-,17+,18+,19+,20+,21+,22-,23+,24+,25+,26+,27-,28-,29+,30+,31+,32+,33-,34+,35-,37-,38-,39-,40+,41-/m0/s1. The van der Waals surface area contributed by atoms with Gasteiger partial charge in [-0.1, -0.05) is 30.3 Å². The molecule has 5 heterocycles. The van der Waals surface area contributed by atoms with E-state index in [2.05, 4.69) is 5.32 Å². The van der Waals surface area contributed by atoms with Crippen LogP contribution in [0.3, 0.4) is 0 Å². The summed E-state index contributed by atoms with van der Waals surface area (Å²) in [6.07, 6.45) is -42.2. The first-order valence-corrected chi connectivity index (χ1v) is 22.1. The Morgan fingerprint density at radius 3 is 1.68 bits per heavy atom. The van der Waals surface area contributed by atoms with Crippen molar-refractivity contribution >= 4 is 5.91 Å². The second kappa shape index (κ2) is 24.4. The van der Waals surface area contributed by atoms with Crippen molar-refractivity contribution in [1.82, 2.24) is 5.32 Å². The molecule has 0 unspecified atom stereocenters. The topological polar surface area (TPSA) is 420 Å². The van der Waals surface area contributed by atoms with Gasteiger partial charge in [0.25, 0.3) is 0 Å². The highest BCUT2D eigenvalue weighted by Crippen LogP contribution is 2.36. The molecule has 26 atom stereocenters. The van der Waals surface area contributed by atoms with E-state index >= 15 is 0 Å². The van der Waals surface area contributed by atoms with Crippen molar-refractivity contribution in [2.75, 3.05) is 33.5 Å². The lowest BCUT2D eigenvalue weighted by molar-refractivity contribution is -0.388. The van der Waals surface area contributed by atoms with Crippen LogP contribution in [0.4, 0.5) is 0 Å². The first-order valence-electron chi connectivity index (χ1n) is 22.1. The Kier molecular flexibility index (Phi) is 19.7. The smallest absolute Gasteiger partial charge is 0.237 e. The lowest BCUT2D eigenvalue weighted by atomic mass is 9.94. The van der Waals surface area contributed by atoms with E-state index in [0.29, 0.717) is 0 Å². The van der Waals surface area contributed by atoms with Crippen LogP contribution in [-0.4, -0.2) is 265 Å². The van der Waals surface area contributed by atoms with Crippen LogP contribution in [0.1, 0.15) is 19.4 Å². The average Bonchev–Trinajstić information content (AvgIpc) is 3.32. The maximum absolute atomic E-state index is 13.4. The lowest BCUT2D eigenvalue weighted by Gasteiger charge is -2.51. The summed E-state index contributed by atoms with van der Waals surface area (Å²) in [4.78, 5) is 13.4. The molecule has 5 fully saturated rings. The number of aliphatic hydroxyl groups excluding tert-OH is 13. The van der Waals surface area contributed by atoms with E-state index in [-0.39, 0.29) is 13.2 Å². The molecule has 1 aromatic carbocycles. The van der Waals surface area contributed by atoms with E-state index in [1.165, 1.54) is 21.0 Å². The Morgan fingerprint density at radius 1 is 0.588 bits per heavy atom. The molecule has 0 aliphatic carbocycles. The van der Waals surface area contributed by atoms with E-state index in [1.807, 2.05) is 0 Å². The number of carbonyl (C=O) groups is 1. The highest BCUT2D eigenvalue weighted by molar-refractivity contribution is 5.81. The number of nitrogens with one attached hydrogen (secondary N) is 1. The Labute approximate surface area is 389 Å². The molecule has 5 saturated heterocycles. The van der Waals surface area contributed by atoms with Gasteiger partial charge in [-0.15, -0.1) is 0 Å². The third-order valence-corrected chi connectivity index (χ3v) is 12.4. The van der Waals surface area contributed by atoms with Gasteiger partial charge in [0.1, 0.15) is 116 Å². The van der Waals surface area contributed by atoms with Crippen molar-refractivity contribution in [1.29, 1.82) is 0 Å². The van der Waals surface area contributed by atoms with Crippen molar-refractivity contribution in [3.63, 3.8) is 0 Å². The largest absolute Gasteiger partial charge is 0.394 e.